The lowest BCUT2D eigenvalue weighted by Gasteiger charge is -2.13. The second kappa shape index (κ2) is 6.59. The van der Waals surface area contributed by atoms with E-state index >= 15 is 0 Å². The molecule has 1 unspecified atom stereocenters. The minimum absolute atomic E-state index is 0.203. The Labute approximate surface area is 124 Å². The average molecular weight is 289 g/mol. The van der Waals surface area contributed by atoms with E-state index in [-0.39, 0.29) is 18.4 Å². The van der Waals surface area contributed by atoms with Crippen molar-refractivity contribution in [3.05, 3.63) is 58.9 Å². The summed E-state index contributed by atoms with van der Waals surface area (Å²) in [6.45, 7) is 4.05. The highest BCUT2D eigenvalue weighted by molar-refractivity contribution is 5.37. The van der Waals surface area contributed by atoms with E-state index in [0.717, 1.165) is 22.4 Å². The fraction of sp³-hybridized carbons (Fsp3) is 0.294. The number of methoxy groups -OCH3 is 1. The number of hydrogen-bond acceptors (Lipinski definition) is 3. The second-order valence-electron chi connectivity index (χ2n) is 5.08. The van der Waals surface area contributed by atoms with Crippen molar-refractivity contribution in [1.29, 1.82) is 0 Å². The van der Waals surface area contributed by atoms with Crippen LogP contribution in [0.3, 0.4) is 0 Å². The zero-order valence-corrected chi connectivity index (χ0v) is 12.5. The first-order valence-electron chi connectivity index (χ1n) is 6.82. The molecule has 0 bridgehead atoms. The van der Waals surface area contributed by atoms with E-state index in [9.17, 15) is 4.39 Å². The van der Waals surface area contributed by atoms with Gasteiger partial charge in [0.1, 0.15) is 12.4 Å². The van der Waals surface area contributed by atoms with Gasteiger partial charge >= 0.3 is 0 Å². The third kappa shape index (κ3) is 3.73. The molecule has 0 amide bonds. The molecule has 21 heavy (non-hydrogen) atoms. The van der Waals surface area contributed by atoms with Crippen molar-refractivity contribution in [2.45, 2.75) is 26.5 Å². The minimum Gasteiger partial charge on any atom is -0.496 e. The Morgan fingerprint density at radius 3 is 2.48 bits per heavy atom. The Hall–Kier alpha value is -2.07. The molecular formula is C17H20FNO2. The van der Waals surface area contributed by atoms with Gasteiger partial charge in [-0.05, 0) is 43.7 Å². The van der Waals surface area contributed by atoms with Crippen LogP contribution in [0.2, 0.25) is 0 Å². The Kier molecular flexibility index (Phi) is 4.81. The molecule has 4 heteroatoms. The molecule has 2 rings (SSSR count). The van der Waals surface area contributed by atoms with Crippen LogP contribution in [-0.4, -0.2) is 7.11 Å². The molecule has 112 valence electrons. The van der Waals surface area contributed by atoms with Gasteiger partial charge in [-0.25, -0.2) is 4.39 Å². The highest BCUT2D eigenvalue weighted by Crippen LogP contribution is 2.25. The molecule has 0 aliphatic rings. The Balaban J connectivity index is 2.15. The fourth-order valence-corrected chi connectivity index (χ4v) is 2.09. The Morgan fingerprint density at radius 1 is 1.14 bits per heavy atom. The van der Waals surface area contributed by atoms with E-state index < -0.39 is 5.82 Å². The highest BCUT2D eigenvalue weighted by Gasteiger charge is 2.09. The average Bonchev–Trinajstić information content (AvgIpc) is 2.46. The van der Waals surface area contributed by atoms with E-state index in [4.69, 9.17) is 15.2 Å². The first kappa shape index (κ1) is 15.3. The summed E-state index contributed by atoms with van der Waals surface area (Å²) < 4.78 is 24.8. The Morgan fingerprint density at radius 2 is 1.86 bits per heavy atom. The predicted octanol–water partition coefficient (Wildman–Crippen LogP) is 3.74. The Bertz CT molecular complexity index is 626. The van der Waals surface area contributed by atoms with Crippen LogP contribution < -0.4 is 15.2 Å². The number of benzene rings is 2. The maximum absolute atomic E-state index is 14.0. The van der Waals surface area contributed by atoms with E-state index in [1.54, 1.807) is 19.2 Å². The molecule has 0 spiro atoms. The second-order valence-corrected chi connectivity index (χ2v) is 5.08. The van der Waals surface area contributed by atoms with Crippen molar-refractivity contribution in [2.75, 3.05) is 7.11 Å². The molecule has 0 fully saturated rings. The fourth-order valence-electron chi connectivity index (χ4n) is 2.09. The summed E-state index contributed by atoms with van der Waals surface area (Å²) in [6, 6.07) is 10.4. The van der Waals surface area contributed by atoms with Crippen LogP contribution in [0.15, 0.2) is 36.4 Å². The van der Waals surface area contributed by atoms with E-state index in [2.05, 4.69) is 0 Å². The number of aryl methyl sites for hydroxylation is 1. The third-order valence-electron chi connectivity index (χ3n) is 3.30. The van der Waals surface area contributed by atoms with Crippen molar-refractivity contribution in [3.8, 4) is 11.5 Å². The van der Waals surface area contributed by atoms with Crippen LogP contribution in [0.5, 0.6) is 11.5 Å². The van der Waals surface area contributed by atoms with E-state index in [0.29, 0.717) is 0 Å². The lowest BCUT2D eigenvalue weighted by atomic mass is 10.1. The molecule has 0 aliphatic carbocycles. The predicted molar refractivity (Wildman–Crippen MR) is 81.1 cm³/mol. The van der Waals surface area contributed by atoms with Gasteiger partial charge in [0.25, 0.3) is 0 Å². The van der Waals surface area contributed by atoms with Crippen LogP contribution in [0, 0.1) is 12.7 Å². The molecule has 0 aromatic heterocycles. The first-order chi connectivity index (χ1) is 10.0. The standard InChI is InChI=1S/C17H20FNO2/c1-11-4-6-16(20-3)14(8-11)10-21-17-7-5-13(12(2)19)9-15(17)18/h4-9,12H,10,19H2,1-3H3. The molecule has 1 atom stereocenters. The van der Waals surface area contributed by atoms with Crippen molar-refractivity contribution in [3.63, 3.8) is 0 Å². The summed E-state index contributed by atoms with van der Waals surface area (Å²) >= 11 is 0. The third-order valence-corrected chi connectivity index (χ3v) is 3.30. The molecule has 0 heterocycles. The van der Waals surface area contributed by atoms with Crippen LogP contribution in [0.4, 0.5) is 4.39 Å². The number of hydrogen-bond donors (Lipinski definition) is 1. The lowest BCUT2D eigenvalue weighted by Crippen LogP contribution is -2.06. The first-order valence-corrected chi connectivity index (χ1v) is 6.82. The molecule has 0 aliphatic heterocycles. The van der Waals surface area contributed by atoms with Crippen molar-refractivity contribution < 1.29 is 13.9 Å². The molecule has 0 saturated carbocycles. The van der Waals surface area contributed by atoms with E-state index in [1.807, 2.05) is 32.0 Å². The van der Waals surface area contributed by atoms with Gasteiger partial charge in [-0.15, -0.1) is 0 Å². The topological polar surface area (TPSA) is 44.5 Å². The number of halogens is 1. The lowest BCUT2D eigenvalue weighted by molar-refractivity contribution is 0.282. The summed E-state index contributed by atoms with van der Waals surface area (Å²) in [5.74, 6) is 0.535. The zero-order chi connectivity index (χ0) is 15.4. The van der Waals surface area contributed by atoms with Crippen molar-refractivity contribution >= 4 is 0 Å². The molecule has 0 radical (unpaired) electrons. The largest absolute Gasteiger partial charge is 0.496 e. The molecule has 2 aromatic carbocycles. The van der Waals surface area contributed by atoms with Gasteiger partial charge in [0.15, 0.2) is 11.6 Å². The van der Waals surface area contributed by atoms with Gasteiger partial charge in [0.05, 0.1) is 7.11 Å². The van der Waals surface area contributed by atoms with Crippen LogP contribution in [-0.2, 0) is 6.61 Å². The van der Waals surface area contributed by atoms with Gasteiger partial charge in [0.2, 0.25) is 0 Å². The van der Waals surface area contributed by atoms with E-state index in [1.165, 1.54) is 6.07 Å². The quantitative estimate of drug-likeness (QED) is 0.912. The van der Waals surface area contributed by atoms with Gasteiger partial charge in [-0.1, -0.05) is 17.7 Å². The number of rotatable bonds is 5. The van der Waals surface area contributed by atoms with Crippen molar-refractivity contribution in [1.82, 2.24) is 0 Å². The summed E-state index contributed by atoms with van der Waals surface area (Å²) in [6.07, 6.45) is 0. The molecule has 3 nitrogen and oxygen atoms in total. The van der Waals surface area contributed by atoms with Crippen LogP contribution in [0.25, 0.3) is 0 Å². The highest BCUT2D eigenvalue weighted by atomic mass is 19.1. The SMILES string of the molecule is COc1ccc(C)cc1COc1ccc(C(C)N)cc1F. The monoisotopic (exact) mass is 289 g/mol. The molecule has 0 saturated heterocycles. The van der Waals surface area contributed by atoms with Gasteiger partial charge in [0, 0.05) is 11.6 Å². The summed E-state index contributed by atoms with van der Waals surface area (Å²) in [4.78, 5) is 0. The smallest absolute Gasteiger partial charge is 0.165 e. The number of nitrogens with two attached hydrogens (primary N) is 1. The zero-order valence-electron chi connectivity index (χ0n) is 12.5. The summed E-state index contributed by atoms with van der Waals surface area (Å²) in [5.41, 5.74) is 8.45. The van der Waals surface area contributed by atoms with Gasteiger partial charge < -0.3 is 15.2 Å². The van der Waals surface area contributed by atoms with Crippen molar-refractivity contribution in [2.24, 2.45) is 5.73 Å². The van der Waals surface area contributed by atoms with Crippen LogP contribution >= 0.6 is 0 Å². The molecular weight excluding hydrogens is 269 g/mol. The van der Waals surface area contributed by atoms with Crippen LogP contribution in [0.1, 0.15) is 29.7 Å². The maximum Gasteiger partial charge on any atom is 0.165 e. The normalized spacial score (nSPS) is 12.0. The molecule has 2 aromatic rings. The summed E-state index contributed by atoms with van der Waals surface area (Å²) in [5, 5.41) is 0. The molecule has 2 N–H and O–H groups in total. The minimum atomic E-state index is -0.406. The van der Waals surface area contributed by atoms with Gasteiger partial charge in [-0.3, -0.25) is 0 Å². The summed E-state index contributed by atoms with van der Waals surface area (Å²) in [7, 11) is 1.60. The maximum atomic E-state index is 14.0. The van der Waals surface area contributed by atoms with Gasteiger partial charge in [-0.2, -0.15) is 0 Å². The number of ether oxygens (including phenoxy) is 2.